The molecule has 0 saturated carbocycles. The summed E-state index contributed by atoms with van der Waals surface area (Å²) in [4.78, 5) is 64.5. The lowest BCUT2D eigenvalue weighted by molar-refractivity contribution is -0.133. The van der Waals surface area contributed by atoms with Crippen LogP contribution in [0.4, 0.5) is 0 Å². The molecule has 2 aromatic rings. The van der Waals surface area contributed by atoms with Gasteiger partial charge in [0.1, 0.15) is 18.1 Å². The minimum atomic E-state index is -0.987. The highest BCUT2D eigenvalue weighted by Gasteiger charge is 2.28. The third-order valence-corrected chi connectivity index (χ3v) is 7.47. The third-order valence-electron chi connectivity index (χ3n) is 6.82. The van der Waals surface area contributed by atoms with E-state index in [0.29, 0.717) is 25.0 Å². The van der Waals surface area contributed by atoms with Crippen LogP contribution >= 0.6 is 11.8 Å². The van der Waals surface area contributed by atoms with Gasteiger partial charge in [0.15, 0.2) is 0 Å². The van der Waals surface area contributed by atoms with Crippen molar-refractivity contribution in [2.45, 2.75) is 63.7 Å². The summed E-state index contributed by atoms with van der Waals surface area (Å²) >= 11 is 1.56. The molecule has 0 spiro atoms. The van der Waals surface area contributed by atoms with E-state index in [9.17, 15) is 24.0 Å². The van der Waals surface area contributed by atoms with Crippen LogP contribution in [0.5, 0.6) is 0 Å². The van der Waals surface area contributed by atoms with E-state index >= 15 is 0 Å². The highest BCUT2D eigenvalue weighted by molar-refractivity contribution is 7.98. The molecule has 0 heterocycles. The molecule has 0 radical (unpaired) electrons. The van der Waals surface area contributed by atoms with E-state index in [0.717, 1.165) is 11.1 Å². The number of nitrogens with two attached hydrogens (primary N) is 1. The Morgan fingerprint density at radius 2 is 1.30 bits per heavy atom. The molecule has 4 atom stereocenters. The SMILES string of the molecule is CNC(=O)C(CCSC)NC(=O)C(CC(C)C)NC(=O)CNC(=O)C(Cc1ccccc1)NC(=O)C(N)Cc1ccccc1. The second-order valence-electron chi connectivity index (χ2n) is 11.0. The lowest BCUT2D eigenvalue weighted by atomic mass is 10.0. The summed E-state index contributed by atoms with van der Waals surface area (Å²) in [5, 5.41) is 13.3. The molecule has 4 unspecified atom stereocenters. The molecular formula is C32H46N6O5S. The fraction of sp³-hybridized carbons (Fsp3) is 0.469. The van der Waals surface area contributed by atoms with Crippen LogP contribution in [-0.4, -0.2) is 79.3 Å². The molecule has 7 N–H and O–H groups in total. The quantitative estimate of drug-likeness (QED) is 0.143. The van der Waals surface area contributed by atoms with Gasteiger partial charge in [-0.2, -0.15) is 11.8 Å². The van der Waals surface area contributed by atoms with Crippen LogP contribution in [0, 0.1) is 5.92 Å². The second-order valence-corrected chi connectivity index (χ2v) is 12.0. The van der Waals surface area contributed by atoms with Crippen LogP contribution < -0.4 is 32.3 Å². The van der Waals surface area contributed by atoms with Gasteiger partial charge < -0.3 is 32.3 Å². The number of carbonyl (C=O) groups is 5. The number of hydrogen-bond donors (Lipinski definition) is 6. The Morgan fingerprint density at radius 3 is 1.84 bits per heavy atom. The van der Waals surface area contributed by atoms with E-state index in [1.807, 2.05) is 80.8 Å². The first-order valence-electron chi connectivity index (χ1n) is 14.8. The van der Waals surface area contributed by atoms with Crippen LogP contribution in [0.3, 0.4) is 0 Å². The molecule has 240 valence electrons. The van der Waals surface area contributed by atoms with E-state index in [2.05, 4.69) is 26.6 Å². The van der Waals surface area contributed by atoms with Crippen LogP contribution in [0.15, 0.2) is 60.7 Å². The van der Waals surface area contributed by atoms with Crippen LogP contribution in [0.2, 0.25) is 0 Å². The van der Waals surface area contributed by atoms with Crippen molar-refractivity contribution in [3.63, 3.8) is 0 Å². The van der Waals surface area contributed by atoms with Gasteiger partial charge in [-0.05, 0) is 48.3 Å². The maximum atomic E-state index is 13.2. The summed E-state index contributed by atoms with van der Waals surface area (Å²) in [7, 11) is 1.50. The van der Waals surface area contributed by atoms with Crippen molar-refractivity contribution < 1.29 is 24.0 Å². The van der Waals surface area contributed by atoms with Crippen LogP contribution in [0.25, 0.3) is 0 Å². The third kappa shape index (κ3) is 13.2. The van der Waals surface area contributed by atoms with Gasteiger partial charge in [0, 0.05) is 13.5 Å². The number of likely N-dealkylation sites (N-methyl/N-ethyl adjacent to an activating group) is 1. The smallest absolute Gasteiger partial charge is 0.243 e. The topological polar surface area (TPSA) is 172 Å². The van der Waals surface area contributed by atoms with Gasteiger partial charge in [-0.1, -0.05) is 74.5 Å². The largest absolute Gasteiger partial charge is 0.357 e. The van der Waals surface area contributed by atoms with Crippen molar-refractivity contribution in [3.8, 4) is 0 Å². The molecule has 0 fully saturated rings. The summed E-state index contributed by atoms with van der Waals surface area (Å²) in [6.07, 6.45) is 3.17. The molecule has 0 aliphatic heterocycles. The van der Waals surface area contributed by atoms with Gasteiger partial charge in [0.2, 0.25) is 29.5 Å². The molecule has 44 heavy (non-hydrogen) atoms. The standard InChI is InChI=1S/C32H46N6O5S/c1-21(2)17-26(32(43)37-25(15-16-44-4)30(41)34-3)36-28(39)20-35-31(42)27(19-23-13-9-6-10-14-23)38-29(40)24(33)18-22-11-7-5-8-12-22/h5-14,21,24-27H,15-20,33H2,1-4H3,(H,34,41)(H,35,42)(H,36,39)(H,37,43)(H,38,40). The zero-order valence-corrected chi connectivity index (χ0v) is 26.7. The Bertz CT molecular complexity index is 1210. The first-order chi connectivity index (χ1) is 21.0. The van der Waals surface area contributed by atoms with Crippen molar-refractivity contribution in [3.05, 3.63) is 71.8 Å². The molecule has 2 rings (SSSR count). The van der Waals surface area contributed by atoms with E-state index in [4.69, 9.17) is 5.73 Å². The molecule has 11 nitrogen and oxygen atoms in total. The number of hydrogen-bond acceptors (Lipinski definition) is 7. The Kier molecular flexibility index (Phi) is 16.0. The lowest BCUT2D eigenvalue weighted by Gasteiger charge is -2.24. The Morgan fingerprint density at radius 1 is 0.727 bits per heavy atom. The van der Waals surface area contributed by atoms with Gasteiger partial charge in [-0.15, -0.1) is 0 Å². The fourth-order valence-electron chi connectivity index (χ4n) is 4.49. The number of rotatable bonds is 18. The lowest BCUT2D eigenvalue weighted by Crippen LogP contribution is -2.56. The first kappa shape index (κ1) is 36.3. The Hall–Kier alpha value is -3.90. The number of amides is 5. The van der Waals surface area contributed by atoms with E-state index in [1.165, 1.54) is 7.05 Å². The summed E-state index contributed by atoms with van der Waals surface area (Å²) in [6.45, 7) is 3.42. The summed E-state index contributed by atoms with van der Waals surface area (Å²) < 4.78 is 0. The summed E-state index contributed by atoms with van der Waals surface area (Å²) in [6, 6.07) is 15.0. The predicted molar refractivity (Wildman–Crippen MR) is 174 cm³/mol. The molecule has 0 aliphatic carbocycles. The maximum absolute atomic E-state index is 13.2. The number of benzene rings is 2. The van der Waals surface area contributed by atoms with Crippen molar-refractivity contribution in [2.75, 3.05) is 25.6 Å². The van der Waals surface area contributed by atoms with Crippen molar-refractivity contribution in [1.82, 2.24) is 26.6 Å². The second kappa shape index (κ2) is 19.4. The van der Waals surface area contributed by atoms with Crippen LogP contribution in [-0.2, 0) is 36.8 Å². The average molecular weight is 627 g/mol. The molecule has 0 aromatic heterocycles. The minimum absolute atomic E-state index is 0.0656. The Labute approximate surface area is 264 Å². The number of nitrogens with one attached hydrogen (secondary N) is 5. The van der Waals surface area contributed by atoms with Gasteiger partial charge in [0.05, 0.1) is 12.6 Å². The highest BCUT2D eigenvalue weighted by Crippen LogP contribution is 2.08. The van der Waals surface area contributed by atoms with Crippen LogP contribution in [0.1, 0.15) is 37.8 Å². The van der Waals surface area contributed by atoms with Gasteiger partial charge in [0.25, 0.3) is 0 Å². The van der Waals surface area contributed by atoms with Gasteiger partial charge >= 0.3 is 0 Å². The molecule has 12 heteroatoms. The molecule has 2 aromatic carbocycles. The number of carbonyl (C=O) groups excluding carboxylic acids is 5. The van der Waals surface area contributed by atoms with Crippen molar-refractivity contribution >= 4 is 41.3 Å². The predicted octanol–water partition coefficient (Wildman–Crippen LogP) is 0.915. The highest BCUT2D eigenvalue weighted by atomic mass is 32.2. The normalized spacial score (nSPS) is 13.6. The summed E-state index contributed by atoms with van der Waals surface area (Å²) in [5.74, 6) is -1.69. The van der Waals surface area contributed by atoms with Gasteiger partial charge in [-0.3, -0.25) is 24.0 Å². The van der Waals surface area contributed by atoms with E-state index in [-0.39, 0.29) is 18.2 Å². The molecule has 0 aliphatic rings. The molecule has 0 bridgehead atoms. The Balaban J connectivity index is 2.06. The molecule has 5 amide bonds. The monoisotopic (exact) mass is 626 g/mol. The zero-order valence-electron chi connectivity index (χ0n) is 25.9. The van der Waals surface area contributed by atoms with E-state index in [1.54, 1.807) is 11.8 Å². The number of thioether (sulfide) groups is 1. The van der Waals surface area contributed by atoms with E-state index < -0.39 is 54.3 Å². The minimum Gasteiger partial charge on any atom is -0.357 e. The summed E-state index contributed by atoms with van der Waals surface area (Å²) in [5.41, 5.74) is 7.86. The zero-order chi connectivity index (χ0) is 32.5. The fourth-order valence-corrected chi connectivity index (χ4v) is 4.96. The first-order valence-corrected chi connectivity index (χ1v) is 16.1. The maximum Gasteiger partial charge on any atom is 0.243 e. The average Bonchev–Trinajstić information content (AvgIpc) is 3.01. The molecule has 0 saturated heterocycles. The van der Waals surface area contributed by atoms with Crippen molar-refractivity contribution in [2.24, 2.45) is 11.7 Å². The van der Waals surface area contributed by atoms with Crippen molar-refractivity contribution in [1.29, 1.82) is 0 Å². The van der Waals surface area contributed by atoms with Gasteiger partial charge in [-0.25, -0.2) is 0 Å². The molecular weight excluding hydrogens is 580 g/mol.